The maximum absolute atomic E-state index is 11.9. The van der Waals surface area contributed by atoms with Crippen molar-refractivity contribution in [3.63, 3.8) is 0 Å². The highest BCUT2D eigenvalue weighted by Crippen LogP contribution is 2.12. The molecule has 18 heavy (non-hydrogen) atoms. The lowest BCUT2D eigenvalue weighted by Crippen LogP contribution is -2.48. The number of hydrogen-bond acceptors (Lipinski definition) is 3. The number of nitrogens with zero attached hydrogens (tertiary/aromatic N) is 1. The number of carbonyl (C=O) groups is 2. The van der Waals surface area contributed by atoms with Crippen LogP contribution in [-0.4, -0.2) is 48.8 Å². The van der Waals surface area contributed by atoms with Gasteiger partial charge in [0.1, 0.15) is 13.1 Å². The number of rotatable bonds is 5. The van der Waals surface area contributed by atoms with Crippen LogP contribution in [0.25, 0.3) is 0 Å². The van der Waals surface area contributed by atoms with Gasteiger partial charge in [-0.3, -0.25) is 4.79 Å². The van der Waals surface area contributed by atoms with Crippen molar-refractivity contribution in [1.29, 1.82) is 0 Å². The molecule has 0 aromatic heterocycles. The molecule has 0 fully saturated rings. The molecule has 0 radical (unpaired) electrons. The molecule has 106 valence electrons. The Hall–Kier alpha value is -1.47. The molecule has 1 N–H and O–H groups in total. The zero-order valence-electron chi connectivity index (χ0n) is 10.5. The molecule has 0 bridgehead atoms. The third-order valence-corrected chi connectivity index (χ3v) is 1.93. The Morgan fingerprint density at radius 3 is 2.28 bits per heavy atom. The van der Waals surface area contributed by atoms with Crippen LogP contribution in [-0.2, 0) is 9.53 Å². The van der Waals surface area contributed by atoms with E-state index in [1.54, 1.807) is 26.1 Å². The summed E-state index contributed by atoms with van der Waals surface area (Å²) in [6, 6.07) is -1.36. The fourth-order valence-corrected chi connectivity index (χ4v) is 1.11. The van der Waals surface area contributed by atoms with Crippen LogP contribution in [0.1, 0.15) is 20.8 Å². The van der Waals surface area contributed by atoms with E-state index in [1.165, 1.54) is 0 Å². The van der Waals surface area contributed by atoms with Gasteiger partial charge in [-0.05, 0) is 20.8 Å². The largest absolute Gasteiger partial charge is 0.465 e. The van der Waals surface area contributed by atoms with Gasteiger partial charge in [0, 0.05) is 6.04 Å². The standard InChI is InChI=1S/C10H17F3N2O3/c1-4-18-8(16)5-15(7(2)3)9(17)14-6-10(11,12)13/h7H,4-6H2,1-3H3,(H,14,17). The van der Waals surface area contributed by atoms with E-state index < -0.39 is 30.8 Å². The molecule has 0 saturated heterocycles. The van der Waals surface area contributed by atoms with Crippen molar-refractivity contribution in [2.24, 2.45) is 0 Å². The molecule has 0 aliphatic heterocycles. The summed E-state index contributed by atoms with van der Waals surface area (Å²) in [5.74, 6) is -0.659. The Kier molecular flexibility index (Phi) is 6.50. The Morgan fingerprint density at radius 1 is 1.33 bits per heavy atom. The lowest BCUT2D eigenvalue weighted by atomic mass is 10.3. The number of alkyl halides is 3. The fraction of sp³-hybridized carbons (Fsp3) is 0.800. The first-order chi connectivity index (χ1) is 8.17. The SMILES string of the molecule is CCOC(=O)CN(C(=O)NCC(F)(F)F)C(C)C. The number of hydrogen-bond donors (Lipinski definition) is 1. The molecule has 0 rings (SSSR count). The number of amides is 2. The number of esters is 1. The summed E-state index contributed by atoms with van der Waals surface area (Å²) in [6.07, 6.45) is -4.48. The summed E-state index contributed by atoms with van der Waals surface area (Å²) in [5, 5.41) is 1.71. The average Bonchev–Trinajstić information content (AvgIpc) is 2.21. The molecule has 0 aliphatic carbocycles. The van der Waals surface area contributed by atoms with Crippen molar-refractivity contribution in [2.75, 3.05) is 19.7 Å². The lowest BCUT2D eigenvalue weighted by molar-refractivity contribution is -0.144. The quantitative estimate of drug-likeness (QED) is 0.771. The van der Waals surface area contributed by atoms with E-state index >= 15 is 0 Å². The minimum atomic E-state index is -4.48. The molecule has 5 nitrogen and oxygen atoms in total. The van der Waals surface area contributed by atoms with Crippen LogP contribution in [0.3, 0.4) is 0 Å². The summed E-state index contributed by atoms with van der Waals surface area (Å²) in [7, 11) is 0. The number of nitrogens with one attached hydrogen (secondary N) is 1. The summed E-state index contributed by atoms with van der Waals surface area (Å²) in [4.78, 5) is 23.7. The van der Waals surface area contributed by atoms with Crippen molar-refractivity contribution >= 4 is 12.0 Å². The minimum Gasteiger partial charge on any atom is -0.465 e. The lowest BCUT2D eigenvalue weighted by Gasteiger charge is -2.26. The Morgan fingerprint density at radius 2 is 1.89 bits per heavy atom. The number of halogens is 3. The normalized spacial score (nSPS) is 11.3. The Labute approximate surface area is 103 Å². The van der Waals surface area contributed by atoms with Crippen LogP contribution in [0.5, 0.6) is 0 Å². The molecule has 0 aliphatic rings. The van der Waals surface area contributed by atoms with Crippen molar-refractivity contribution < 1.29 is 27.5 Å². The van der Waals surface area contributed by atoms with Gasteiger partial charge in [-0.25, -0.2) is 4.79 Å². The molecule has 0 aromatic rings. The first kappa shape index (κ1) is 16.5. The maximum atomic E-state index is 11.9. The van der Waals surface area contributed by atoms with Gasteiger partial charge in [-0.2, -0.15) is 13.2 Å². The number of carbonyl (C=O) groups excluding carboxylic acids is 2. The molecule has 0 atom stereocenters. The third kappa shape index (κ3) is 6.97. The van der Waals surface area contributed by atoms with E-state index in [1.807, 2.05) is 0 Å². The smallest absolute Gasteiger partial charge is 0.405 e. The average molecular weight is 270 g/mol. The van der Waals surface area contributed by atoms with E-state index in [2.05, 4.69) is 4.74 Å². The van der Waals surface area contributed by atoms with E-state index in [9.17, 15) is 22.8 Å². The van der Waals surface area contributed by atoms with E-state index in [4.69, 9.17) is 0 Å². The van der Waals surface area contributed by atoms with Crippen LogP contribution in [0, 0.1) is 0 Å². The molecule has 8 heteroatoms. The van der Waals surface area contributed by atoms with Crippen molar-refractivity contribution in [1.82, 2.24) is 10.2 Å². The zero-order valence-corrected chi connectivity index (χ0v) is 10.5. The molecular formula is C10H17F3N2O3. The van der Waals surface area contributed by atoms with Gasteiger partial charge >= 0.3 is 18.2 Å². The van der Waals surface area contributed by atoms with Gasteiger partial charge in [0.15, 0.2) is 0 Å². The first-order valence-corrected chi connectivity index (χ1v) is 5.44. The molecule has 2 amide bonds. The van der Waals surface area contributed by atoms with Gasteiger partial charge in [0.25, 0.3) is 0 Å². The molecule has 0 saturated carbocycles. The van der Waals surface area contributed by atoms with Crippen LogP contribution in [0.15, 0.2) is 0 Å². The van der Waals surface area contributed by atoms with Crippen LogP contribution in [0.4, 0.5) is 18.0 Å². The van der Waals surface area contributed by atoms with Gasteiger partial charge in [-0.15, -0.1) is 0 Å². The van der Waals surface area contributed by atoms with Crippen molar-refractivity contribution in [2.45, 2.75) is 33.0 Å². The van der Waals surface area contributed by atoms with E-state index in [-0.39, 0.29) is 13.2 Å². The minimum absolute atomic E-state index is 0.148. The third-order valence-electron chi connectivity index (χ3n) is 1.93. The maximum Gasteiger partial charge on any atom is 0.405 e. The van der Waals surface area contributed by atoms with E-state index in [0.29, 0.717) is 0 Å². The van der Waals surface area contributed by atoms with Crippen LogP contribution in [0.2, 0.25) is 0 Å². The summed E-state index contributed by atoms with van der Waals surface area (Å²) in [6.45, 7) is 3.11. The summed E-state index contributed by atoms with van der Waals surface area (Å²) < 4.78 is 40.5. The molecule has 0 spiro atoms. The fourth-order valence-electron chi connectivity index (χ4n) is 1.11. The second kappa shape index (κ2) is 7.07. The highest BCUT2D eigenvalue weighted by molar-refractivity contribution is 5.81. The predicted molar refractivity (Wildman–Crippen MR) is 57.9 cm³/mol. The van der Waals surface area contributed by atoms with Crippen LogP contribution < -0.4 is 5.32 Å². The number of urea groups is 1. The van der Waals surface area contributed by atoms with Gasteiger partial charge < -0.3 is 15.0 Å². The van der Waals surface area contributed by atoms with Crippen molar-refractivity contribution in [3.8, 4) is 0 Å². The number of ether oxygens (including phenoxy) is 1. The molecule has 0 heterocycles. The monoisotopic (exact) mass is 270 g/mol. The van der Waals surface area contributed by atoms with Gasteiger partial charge in [0.05, 0.1) is 6.61 Å². The summed E-state index contributed by atoms with van der Waals surface area (Å²) in [5.41, 5.74) is 0. The van der Waals surface area contributed by atoms with Gasteiger partial charge in [0.2, 0.25) is 0 Å². The van der Waals surface area contributed by atoms with E-state index in [0.717, 1.165) is 4.90 Å². The first-order valence-electron chi connectivity index (χ1n) is 5.44. The topological polar surface area (TPSA) is 58.6 Å². The Balaban J connectivity index is 4.41. The molecule has 0 unspecified atom stereocenters. The Bertz CT molecular complexity index is 293. The van der Waals surface area contributed by atoms with Crippen LogP contribution >= 0.6 is 0 Å². The highest BCUT2D eigenvalue weighted by atomic mass is 19.4. The second-order valence-corrected chi connectivity index (χ2v) is 3.80. The highest BCUT2D eigenvalue weighted by Gasteiger charge is 2.30. The summed E-state index contributed by atoms with van der Waals surface area (Å²) >= 11 is 0. The zero-order chi connectivity index (χ0) is 14.3. The van der Waals surface area contributed by atoms with Crippen molar-refractivity contribution in [3.05, 3.63) is 0 Å². The second-order valence-electron chi connectivity index (χ2n) is 3.80. The molecular weight excluding hydrogens is 253 g/mol. The van der Waals surface area contributed by atoms with Gasteiger partial charge in [-0.1, -0.05) is 0 Å². The molecule has 0 aromatic carbocycles. The predicted octanol–water partition coefficient (Wildman–Crippen LogP) is 1.53.